The Kier molecular flexibility index (Phi) is 3.74. The van der Waals surface area contributed by atoms with Crippen LogP contribution in [0.1, 0.15) is 40.0 Å². The summed E-state index contributed by atoms with van der Waals surface area (Å²) in [5.41, 5.74) is 6.05. The largest absolute Gasteiger partial charge is 0.377 e. The Hall–Kier alpha value is -0.0800. The van der Waals surface area contributed by atoms with Crippen molar-refractivity contribution in [2.45, 2.75) is 46.1 Å². The quantitative estimate of drug-likeness (QED) is 0.731. The molecule has 0 radical (unpaired) electrons. The van der Waals surface area contributed by atoms with Gasteiger partial charge >= 0.3 is 0 Å². The highest BCUT2D eigenvalue weighted by Crippen LogP contribution is 2.36. The minimum atomic E-state index is 0.282. The van der Waals surface area contributed by atoms with Crippen molar-refractivity contribution in [3.63, 3.8) is 0 Å². The molecule has 13 heavy (non-hydrogen) atoms. The fourth-order valence-electron chi connectivity index (χ4n) is 2.15. The van der Waals surface area contributed by atoms with Crippen molar-refractivity contribution >= 4 is 0 Å². The van der Waals surface area contributed by atoms with E-state index in [9.17, 15) is 0 Å². The molecule has 1 saturated heterocycles. The van der Waals surface area contributed by atoms with E-state index in [4.69, 9.17) is 10.5 Å². The van der Waals surface area contributed by atoms with Gasteiger partial charge in [0.05, 0.1) is 6.10 Å². The van der Waals surface area contributed by atoms with Crippen LogP contribution in [0.3, 0.4) is 0 Å². The van der Waals surface area contributed by atoms with Crippen LogP contribution in [0.5, 0.6) is 0 Å². The highest BCUT2D eigenvalue weighted by Gasteiger charge is 2.36. The van der Waals surface area contributed by atoms with Crippen LogP contribution in [0.15, 0.2) is 0 Å². The zero-order valence-corrected chi connectivity index (χ0v) is 9.18. The van der Waals surface area contributed by atoms with Gasteiger partial charge < -0.3 is 10.5 Å². The van der Waals surface area contributed by atoms with Gasteiger partial charge in [-0.25, -0.2) is 0 Å². The Morgan fingerprint density at radius 2 is 2.15 bits per heavy atom. The van der Waals surface area contributed by atoms with Crippen LogP contribution in [0, 0.1) is 11.3 Å². The van der Waals surface area contributed by atoms with E-state index >= 15 is 0 Å². The summed E-state index contributed by atoms with van der Waals surface area (Å²) in [5.74, 6) is 0.573. The lowest BCUT2D eigenvalue weighted by Crippen LogP contribution is -2.44. The lowest BCUT2D eigenvalue weighted by atomic mass is 9.75. The predicted molar refractivity (Wildman–Crippen MR) is 55.6 cm³/mol. The number of nitrogens with two attached hydrogens (primary N) is 1. The van der Waals surface area contributed by atoms with Gasteiger partial charge in [0.2, 0.25) is 0 Å². The van der Waals surface area contributed by atoms with Crippen LogP contribution in [0.4, 0.5) is 0 Å². The van der Waals surface area contributed by atoms with Gasteiger partial charge in [-0.3, -0.25) is 0 Å². The second-order valence-corrected chi connectivity index (χ2v) is 4.77. The maximum absolute atomic E-state index is 5.86. The molecule has 0 aromatic rings. The Labute approximate surface area is 81.8 Å². The SMILES string of the molecule is CCC(C)(C)C1OCCCC1CN. The average molecular weight is 185 g/mol. The maximum atomic E-state index is 5.86. The lowest BCUT2D eigenvalue weighted by molar-refractivity contribution is -0.0900. The Bertz CT molecular complexity index is 156. The highest BCUT2D eigenvalue weighted by molar-refractivity contribution is 4.86. The highest BCUT2D eigenvalue weighted by atomic mass is 16.5. The first-order chi connectivity index (χ1) is 6.11. The van der Waals surface area contributed by atoms with Crippen LogP contribution in [-0.4, -0.2) is 19.3 Å². The molecule has 1 rings (SSSR count). The van der Waals surface area contributed by atoms with Crippen molar-refractivity contribution in [3.8, 4) is 0 Å². The molecule has 1 aliphatic heterocycles. The van der Waals surface area contributed by atoms with Crippen molar-refractivity contribution in [2.24, 2.45) is 17.1 Å². The molecule has 1 fully saturated rings. The van der Waals surface area contributed by atoms with E-state index in [1.165, 1.54) is 12.8 Å². The summed E-state index contributed by atoms with van der Waals surface area (Å²) in [6.45, 7) is 8.49. The van der Waals surface area contributed by atoms with E-state index in [0.717, 1.165) is 19.6 Å². The van der Waals surface area contributed by atoms with Crippen molar-refractivity contribution in [1.29, 1.82) is 0 Å². The third-order valence-electron chi connectivity index (χ3n) is 3.43. The van der Waals surface area contributed by atoms with E-state index in [0.29, 0.717) is 12.0 Å². The van der Waals surface area contributed by atoms with Gasteiger partial charge in [0.25, 0.3) is 0 Å². The molecule has 0 aromatic carbocycles. The Balaban J connectivity index is 2.63. The molecule has 0 amide bonds. The van der Waals surface area contributed by atoms with Crippen molar-refractivity contribution in [2.75, 3.05) is 13.2 Å². The van der Waals surface area contributed by atoms with Gasteiger partial charge in [-0.15, -0.1) is 0 Å². The van der Waals surface area contributed by atoms with Crippen molar-refractivity contribution < 1.29 is 4.74 Å². The third-order valence-corrected chi connectivity index (χ3v) is 3.43. The summed E-state index contributed by atoms with van der Waals surface area (Å²) in [6, 6.07) is 0. The van der Waals surface area contributed by atoms with Crippen LogP contribution in [-0.2, 0) is 4.74 Å². The molecule has 0 saturated carbocycles. The fourth-order valence-corrected chi connectivity index (χ4v) is 2.15. The van der Waals surface area contributed by atoms with E-state index in [1.54, 1.807) is 0 Å². The second kappa shape index (κ2) is 4.43. The molecule has 1 aliphatic rings. The zero-order chi connectivity index (χ0) is 9.90. The number of hydrogen-bond donors (Lipinski definition) is 1. The Morgan fingerprint density at radius 3 is 2.69 bits per heavy atom. The normalized spacial score (nSPS) is 30.5. The topological polar surface area (TPSA) is 35.2 Å². The molecule has 78 valence electrons. The first-order valence-corrected chi connectivity index (χ1v) is 5.43. The average Bonchev–Trinajstić information content (AvgIpc) is 2.18. The summed E-state index contributed by atoms with van der Waals surface area (Å²) in [7, 11) is 0. The van der Waals surface area contributed by atoms with Crippen LogP contribution >= 0.6 is 0 Å². The van der Waals surface area contributed by atoms with E-state index in [2.05, 4.69) is 20.8 Å². The molecule has 2 unspecified atom stereocenters. The van der Waals surface area contributed by atoms with Crippen molar-refractivity contribution in [3.05, 3.63) is 0 Å². The summed E-state index contributed by atoms with van der Waals surface area (Å²) >= 11 is 0. The molecule has 1 heterocycles. The fraction of sp³-hybridized carbons (Fsp3) is 1.00. The Morgan fingerprint density at radius 1 is 1.46 bits per heavy atom. The van der Waals surface area contributed by atoms with Gasteiger partial charge in [0, 0.05) is 6.61 Å². The summed E-state index contributed by atoms with van der Waals surface area (Å²) in [4.78, 5) is 0. The molecular weight excluding hydrogens is 162 g/mol. The molecular formula is C11H23NO. The molecule has 0 bridgehead atoms. The van der Waals surface area contributed by atoms with Gasteiger partial charge in [0.15, 0.2) is 0 Å². The summed E-state index contributed by atoms with van der Waals surface area (Å²) in [6.07, 6.45) is 3.95. The summed E-state index contributed by atoms with van der Waals surface area (Å²) in [5, 5.41) is 0. The van der Waals surface area contributed by atoms with Gasteiger partial charge in [-0.1, -0.05) is 20.8 Å². The van der Waals surface area contributed by atoms with Gasteiger partial charge in [-0.05, 0) is 37.1 Å². The van der Waals surface area contributed by atoms with Crippen LogP contribution in [0.25, 0.3) is 0 Å². The number of ether oxygens (including phenoxy) is 1. The zero-order valence-electron chi connectivity index (χ0n) is 9.18. The molecule has 0 spiro atoms. The third kappa shape index (κ3) is 2.44. The number of rotatable bonds is 3. The molecule has 0 aliphatic carbocycles. The van der Waals surface area contributed by atoms with Crippen molar-refractivity contribution in [1.82, 2.24) is 0 Å². The van der Waals surface area contributed by atoms with Crippen LogP contribution in [0.2, 0.25) is 0 Å². The maximum Gasteiger partial charge on any atom is 0.0666 e. The minimum absolute atomic E-state index is 0.282. The molecule has 2 heteroatoms. The predicted octanol–water partition coefficient (Wildman–Crippen LogP) is 2.18. The standard InChI is InChI=1S/C11H23NO/c1-4-11(2,3)10-9(8-12)6-5-7-13-10/h9-10H,4-8,12H2,1-3H3. The van der Waals surface area contributed by atoms with Gasteiger partial charge in [0.1, 0.15) is 0 Å². The smallest absolute Gasteiger partial charge is 0.0666 e. The van der Waals surface area contributed by atoms with Gasteiger partial charge in [-0.2, -0.15) is 0 Å². The van der Waals surface area contributed by atoms with E-state index in [1.807, 2.05) is 0 Å². The first kappa shape index (κ1) is 11.0. The molecule has 2 atom stereocenters. The van der Waals surface area contributed by atoms with E-state index in [-0.39, 0.29) is 5.41 Å². The van der Waals surface area contributed by atoms with E-state index < -0.39 is 0 Å². The molecule has 2 N–H and O–H groups in total. The summed E-state index contributed by atoms with van der Waals surface area (Å²) < 4.78 is 5.86. The monoisotopic (exact) mass is 185 g/mol. The minimum Gasteiger partial charge on any atom is -0.377 e. The molecule has 0 aromatic heterocycles. The first-order valence-electron chi connectivity index (χ1n) is 5.43. The van der Waals surface area contributed by atoms with Crippen LogP contribution < -0.4 is 5.73 Å². The number of hydrogen-bond acceptors (Lipinski definition) is 2. The second-order valence-electron chi connectivity index (χ2n) is 4.77. The molecule has 2 nitrogen and oxygen atoms in total. The lowest BCUT2D eigenvalue weighted by Gasteiger charge is -2.41.